The fourth-order valence-corrected chi connectivity index (χ4v) is 1.26. The maximum absolute atomic E-state index is 12.3. The maximum Gasteiger partial charge on any atom is 0.417 e. The smallest absolute Gasteiger partial charge is 0.311 e. The maximum atomic E-state index is 12.3. The van der Waals surface area contributed by atoms with Gasteiger partial charge in [-0.2, -0.15) is 13.2 Å². The molecule has 0 fully saturated rings. The van der Waals surface area contributed by atoms with Crippen molar-refractivity contribution in [3.8, 4) is 0 Å². The largest absolute Gasteiger partial charge is 0.417 e. The summed E-state index contributed by atoms with van der Waals surface area (Å²) in [5.74, 6) is 0. The summed E-state index contributed by atoms with van der Waals surface area (Å²) in [6.07, 6.45) is -3.45. The summed E-state index contributed by atoms with van der Waals surface area (Å²) in [5, 5.41) is 3.16. The number of nitrogens with one attached hydrogen (secondary N) is 1. The minimum Gasteiger partial charge on any atom is -0.311 e. The van der Waals surface area contributed by atoms with E-state index in [-0.39, 0.29) is 5.41 Å². The highest BCUT2D eigenvalue weighted by atomic mass is 19.4. The lowest BCUT2D eigenvalue weighted by Gasteiger charge is -2.18. The van der Waals surface area contributed by atoms with E-state index in [1.165, 1.54) is 6.07 Å². The second kappa shape index (κ2) is 5.04. The van der Waals surface area contributed by atoms with Crippen molar-refractivity contribution in [2.75, 3.05) is 6.54 Å². The summed E-state index contributed by atoms with van der Waals surface area (Å²) in [5.41, 5.74) is 0.0469. The third-order valence-corrected chi connectivity index (χ3v) is 2.11. The average Bonchev–Trinajstić information content (AvgIpc) is 2.15. The van der Waals surface area contributed by atoms with Gasteiger partial charge in [0.2, 0.25) is 0 Å². The minimum atomic E-state index is -4.32. The minimum absolute atomic E-state index is 0.145. The predicted octanol–water partition coefficient (Wildman–Crippen LogP) is 3.24. The molecular formula is C12H17F3N2. The fourth-order valence-electron chi connectivity index (χ4n) is 1.26. The molecule has 0 atom stereocenters. The Kier molecular flexibility index (Phi) is 4.14. The van der Waals surface area contributed by atoms with E-state index in [1.807, 2.05) is 0 Å². The molecule has 0 unspecified atom stereocenters. The number of aromatic nitrogens is 1. The molecule has 0 saturated heterocycles. The zero-order chi connectivity index (χ0) is 13.1. The summed E-state index contributed by atoms with van der Waals surface area (Å²) < 4.78 is 36.8. The average molecular weight is 246 g/mol. The van der Waals surface area contributed by atoms with E-state index in [1.54, 1.807) is 0 Å². The molecular weight excluding hydrogens is 229 g/mol. The van der Waals surface area contributed by atoms with Crippen LogP contribution in [0, 0.1) is 5.41 Å². The van der Waals surface area contributed by atoms with Crippen LogP contribution in [0.2, 0.25) is 0 Å². The summed E-state index contributed by atoms with van der Waals surface area (Å²) in [6.45, 7) is 7.52. The third kappa shape index (κ3) is 5.17. The molecule has 1 aromatic rings. The molecule has 0 amide bonds. The van der Waals surface area contributed by atoms with Crippen LogP contribution in [-0.4, -0.2) is 11.5 Å². The molecule has 5 heteroatoms. The van der Waals surface area contributed by atoms with Crippen LogP contribution in [-0.2, 0) is 12.7 Å². The number of pyridine rings is 1. The molecule has 1 rings (SSSR count). The van der Waals surface area contributed by atoms with E-state index < -0.39 is 11.7 Å². The van der Waals surface area contributed by atoms with Gasteiger partial charge in [-0.3, -0.25) is 4.98 Å². The Bertz CT molecular complexity index is 349. The van der Waals surface area contributed by atoms with Gasteiger partial charge in [0, 0.05) is 19.3 Å². The molecule has 96 valence electrons. The Morgan fingerprint density at radius 3 is 2.24 bits per heavy atom. The molecule has 0 aliphatic rings. The van der Waals surface area contributed by atoms with Crippen LogP contribution >= 0.6 is 0 Å². The molecule has 0 aliphatic heterocycles. The van der Waals surface area contributed by atoms with Crippen molar-refractivity contribution in [1.82, 2.24) is 10.3 Å². The SMILES string of the molecule is CC(C)(C)CNCc1ccc(C(F)(F)F)cn1. The van der Waals surface area contributed by atoms with E-state index in [0.29, 0.717) is 12.2 Å². The van der Waals surface area contributed by atoms with Gasteiger partial charge in [-0.05, 0) is 17.5 Å². The monoisotopic (exact) mass is 246 g/mol. The Hall–Kier alpha value is -1.10. The quantitative estimate of drug-likeness (QED) is 0.885. The first-order valence-electron chi connectivity index (χ1n) is 5.41. The van der Waals surface area contributed by atoms with Crippen LogP contribution in [0.15, 0.2) is 18.3 Å². The molecule has 0 saturated carbocycles. The van der Waals surface area contributed by atoms with Gasteiger partial charge in [0.1, 0.15) is 0 Å². The molecule has 0 aliphatic carbocycles. The molecule has 1 N–H and O–H groups in total. The summed E-state index contributed by atoms with van der Waals surface area (Å²) in [6, 6.07) is 2.46. The molecule has 1 heterocycles. The number of rotatable bonds is 3. The van der Waals surface area contributed by atoms with Crippen molar-refractivity contribution in [2.45, 2.75) is 33.5 Å². The summed E-state index contributed by atoms with van der Waals surface area (Å²) in [7, 11) is 0. The second-order valence-corrected chi connectivity index (χ2v) is 5.20. The fraction of sp³-hybridized carbons (Fsp3) is 0.583. The van der Waals surface area contributed by atoms with Gasteiger partial charge in [0.05, 0.1) is 11.3 Å². The van der Waals surface area contributed by atoms with Gasteiger partial charge >= 0.3 is 6.18 Å². The highest BCUT2D eigenvalue weighted by Gasteiger charge is 2.30. The lowest BCUT2D eigenvalue weighted by molar-refractivity contribution is -0.137. The zero-order valence-corrected chi connectivity index (χ0v) is 10.2. The van der Waals surface area contributed by atoms with Gasteiger partial charge in [-0.1, -0.05) is 20.8 Å². The van der Waals surface area contributed by atoms with Crippen molar-refractivity contribution >= 4 is 0 Å². The second-order valence-electron chi connectivity index (χ2n) is 5.20. The van der Waals surface area contributed by atoms with Gasteiger partial charge in [-0.25, -0.2) is 0 Å². The van der Waals surface area contributed by atoms with Crippen molar-refractivity contribution in [3.05, 3.63) is 29.6 Å². The first-order chi connectivity index (χ1) is 7.68. The van der Waals surface area contributed by atoms with Crippen LogP contribution in [0.3, 0.4) is 0 Å². The van der Waals surface area contributed by atoms with Crippen LogP contribution in [0.1, 0.15) is 32.0 Å². The first-order valence-corrected chi connectivity index (χ1v) is 5.41. The molecule has 0 aromatic carbocycles. The van der Waals surface area contributed by atoms with Crippen molar-refractivity contribution in [3.63, 3.8) is 0 Å². The lowest BCUT2D eigenvalue weighted by Crippen LogP contribution is -2.26. The van der Waals surface area contributed by atoms with Crippen LogP contribution < -0.4 is 5.32 Å². The van der Waals surface area contributed by atoms with Crippen LogP contribution in [0.25, 0.3) is 0 Å². The van der Waals surface area contributed by atoms with Gasteiger partial charge in [0.15, 0.2) is 0 Å². The zero-order valence-electron chi connectivity index (χ0n) is 10.2. The predicted molar refractivity (Wildman–Crippen MR) is 60.4 cm³/mol. The Balaban J connectivity index is 2.52. The van der Waals surface area contributed by atoms with Gasteiger partial charge < -0.3 is 5.32 Å². The first kappa shape index (κ1) is 14.0. The van der Waals surface area contributed by atoms with Crippen LogP contribution in [0.5, 0.6) is 0 Å². The number of alkyl halides is 3. The van der Waals surface area contributed by atoms with Crippen molar-refractivity contribution in [2.24, 2.45) is 5.41 Å². The molecule has 0 bridgehead atoms. The summed E-state index contributed by atoms with van der Waals surface area (Å²) >= 11 is 0. The standard InChI is InChI=1S/C12H17F3N2/c1-11(2,3)8-16-7-10-5-4-9(6-17-10)12(13,14)15/h4-6,16H,7-8H2,1-3H3. The van der Waals surface area contributed by atoms with Crippen molar-refractivity contribution < 1.29 is 13.2 Å². The molecule has 0 radical (unpaired) electrons. The number of nitrogens with zero attached hydrogens (tertiary/aromatic N) is 1. The molecule has 17 heavy (non-hydrogen) atoms. The van der Waals surface area contributed by atoms with E-state index >= 15 is 0 Å². The normalized spacial score (nSPS) is 12.8. The highest BCUT2D eigenvalue weighted by molar-refractivity contribution is 5.16. The van der Waals surface area contributed by atoms with E-state index in [9.17, 15) is 13.2 Å². The summed E-state index contributed by atoms with van der Waals surface area (Å²) in [4.78, 5) is 3.78. The number of hydrogen-bond acceptors (Lipinski definition) is 2. The number of halogens is 3. The molecule has 1 aromatic heterocycles. The van der Waals surface area contributed by atoms with Gasteiger partial charge in [-0.15, -0.1) is 0 Å². The molecule has 0 spiro atoms. The van der Waals surface area contributed by atoms with E-state index in [4.69, 9.17) is 0 Å². The van der Waals surface area contributed by atoms with Crippen molar-refractivity contribution in [1.29, 1.82) is 0 Å². The Labute approximate surface area is 99.3 Å². The van der Waals surface area contributed by atoms with E-state index in [0.717, 1.165) is 18.8 Å². The number of hydrogen-bond donors (Lipinski definition) is 1. The Morgan fingerprint density at radius 1 is 1.18 bits per heavy atom. The molecule has 2 nitrogen and oxygen atoms in total. The topological polar surface area (TPSA) is 24.9 Å². The third-order valence-electron chi connectivity index (χ3n) is 2.11. The Morgan fingerprint density at radius 2 is 1.82 bits per heavy atom. The van der Waals surface area contributed by atoms with Gasteiger partial charge in [0.25, 0.3) is 0 Å². The lowest BCUT2D eigenvalue weighted by atomic mass is 9.97. The highest BCUT2D eigenvalue weighted by Crippen LogP contribution is 2.28. The van der Waals surface area contributed by atoms with Crippen LogP contribution in [0.4, 0.5) is 13.2 Å². The van der Waals surface area contributed by atoms with E-state index in [2.05, 4.69) is 31.1 Å².